The van der Waals surface area contributed by atoms with Crippen molar-refractivity contribution in [2.24, 2.45) is 5.92 Å². The Hall–Kier alpha value is -1.75. The van der Waals surface area contributed by atoms with Gasteiger partial charge >= 0.3 is 0 Å². The molecule has 1 atom stereocenters. The average Bonchev–Trinajstić information content (AvgIpc) is 2.70. The molecule has 0 saturated heterocycles. The third-order valence-electron chi connectivity index (χ3n) is 4.76. The third kappa shape index (κ3) is 6.63. The van der Waals surface area contributed by atoms with Gasteiger partial charge in [-0.15, -0.1) is 0 Å². The van der Waals surface area contributed by atoms with Crippen LogP contribution >= 0.6 is 34.8 Å². The molecule has 30 heavy (non-hydrogen) atoms. The molecule has 7 heteroatoms. The van der Waals surface area contributed by atoms with E-state index in [1.807, 2.05) is 39.0 Å². The topological polar surface area (TPSA) is 49.4 Å². The predicted molar refractivity (Wildman–Crippen MR) is 124 cm³/mol. The molecule has 0 fully saturated rings. The number of nitrogens with zero attached hydrogens (tertiary/aromatic N) is 1. The van der Waals surface area contributed by atoms with E-state index in [0.29, 0.717) is 39.5 Å². The van der Waals surface area contributed by atoms with Gasteiger partial charge in [0.1, 0.15) is 6.04 Å². The van der Waals surface area contributed by atoms with Crippen LogP contribution in [0.4, 0.5) is 0 Å². The maximum atomic E-state index is 13.4. The first-order chi connectivity index (χ1) is 14.2. The lowest BCUT2D eigenvalue weighted by Crippen LogP contribution is -2.50. The average molecular weight is 470 g/mol. The van der Waals surface area contributed by atoms with Crippen molar-refractivity contribution in [3.05, 3.63) is 68.7 Å². The van der Waals surface area contributed by atoms with Crippen LogP contribution in [-0.4, -0.2) is 29.3 Å². The standard InChI is InChI=1S/C23H27Cl3N2O2/c1-4-21(23(30)27-13-15(2)3)28(14-16-8-5-6-9-18(16)24)22(29)12-17-19(25)10-7-11-20(17)26/h5-11,15,21H,4,12-14H2,1-3H3,(H,27,30). The minimum atomic E-state index is -0.631. The molecule has 0 aliphatic carbocycles. The van der Waals surface area contributed by atoms with Crippen LogP contribution < -0.4 is 5.32 Å². The minimum absolute atomic E-state index is 0.00306. The van der Waals surface area contributed by atoms with E-state index in [0.717, 1.165) is 5.56 Å². The summed E-state index contributed by atoms with van der Waals surface area (Å²) in [6.07, 6.45) is 0.466. The van der Waals surface area contributed by atoms with Crippen LogP contribution in [0.15, 0.2) is 42.5 Å². The monoisotopic (exact) mass is 468 g/mol. The number of hydrogen-bond donors (Lipinski definition) is 1. The van der Waals surface area contributed by atoms with Crippen LogP contribution in [0.1, 0.15) is 38.3 Å². The van der Waals surface area contributed by atoms with Gasteiger partial charge in [0.2, 0.25) is 11.8 Å². The molecular weight excluding hydrogens is 443 g/mol. The first-order valence-corrected chi connectivity index (χ1v) is 11.1. The van der Waals surface area contributed by atoms with E-state index < -0.39 is 6.04 Å². The van der Waals surface area contributed by atoms with Crippen molar-refractivity contribution < 1.29 is 9.59 Å². The highest BCUT2D eigenvalue weighted by atomic mass is 35.5. The van der Waals surface area contributed by atoms with Gasteiger partial charge in [-0.2, -0.15) is 0 Å². The second-order valence-electron chi connectivity index (χ2n) is 7.55. The molecule has 0 aliphatic heterocycles. The number of halogens is 3. The smallest absolute Gasteiger partial charge is 0.242 e. The second-order valence-corrected chi connectivity index (χ2v) is 8.77. The Morgan fingerprint density at radius 2 is 1.57 bits per heavy atom. The molecule has 1 unspecified atom stereocenters. The fourth-order valence-electron chi connectivity index (χ4n) is 3.11. The summed E-state index contributed by atoms with van der Waals surface area (Å²) in [6.45, 7) is 6.68. The number of carbonyl (C=O) groups excluding carboxylic acids is 2. The van der Waals surface area contributed by atoms with Gasteiger partial charge in [-0.05, 0) is 41.7 Å². The highest BCUT2D eigenvalue weighted by Gasteiger charge is 2.29. The van der Waals surface area contributed by atoms with Gasteiger partial charge in [0, 0.05) is 28.2 Å². The molecule has 4 nitrogen and oxygen atoms in total. The van der Waals surface area contributed by atoms with Crippen molar-refractivity contribution in [3.8, 4) is 0 Å². The van der Waals surface area contributed by atoms with Crippen molar-refractivity contribution >= 4 is 46.6 Å². The van der Waals surface area contributed by atoms with Crippen molar-refractivity contribution in [1.82, 2.24) is 10.2 Å². The van der Waals surface area contributed by atoms with Gasteiger partial charge in [-0.25, -0.2) is 0 Å². The van der Waals surface area contributed by atoms with E-state index in [-0.39, 0.29) is 24.8 Å². The molecule has 0 spiro atoms. The molecule has 0 heterocycles. The lowest BCUT2D eigenvalue weighted by molar-refractivity contribution is -0.141. The first kappa shape index (κ1) is 24.5. The summed E-state index contributed by atoms with van der Waals surface area (Å²) in [5, 5.41) is 4.33. The Morgan fingerprint density at radius 3 is 2.13 bits per heavy atom. The lowest BCUT2D eigenvalue weighted by Gasteiger charge is -2.31. The Bertz CT molecular complexity index is 866. The van der Waals surface area contributed by atoms with Crippen molar-refractivity contribution in [2.45, 2.75) is 46.2 Å². The molecule has 0 bridgehead atoms. The zero-order chi connectivity index (χ0) is 22.3. The van der Waals surface area contributed by atoms with E-state index >= 15 is 0 Å². The maximum absolute atomic E-state index is 13.4. The van der Waals surface area contributed by atoms with Crippen molar-refractivity contribution in [1.29, 1.82) is 0 Å². The Labute approximate surface area is 193 Å². The maximum Gasteiger partial charge on any atom is 0.242 e. The molecule has 2 rings (SSSR count). The molecule has 0 saturated carbocycles. The number of hydrogen-bond acceptors (Lipinski definition) is 2. The molecule has 0 radical (unpaired) electrons. The summed E-state index contributed by atoms with van der Waals surface area (Å²) in [6, 6.07) is 11.8. The van der Waals surface area contributed by atoms with Crippen LogP contribution in [0.2, 0.25) is 15.1 Å². The van der Waals surface area contributed by atoms with E-state index in [4.69, 9.17) is 34.8 Å². The zero-order valence-corrected chi connectivity index (χ0v) is 19.7. The van der Waals surface area contributed by atoms with E-state index in [1.165, 1.54) is 0 Å². The number of carbonyl (C=O) groups is 2. The Balaban J connectivity index is 2.35. The van der Waals surface area contributed by atoms with Crippen molar-refractivity contribution in [2.75, 3.05) is 6.54 Å². The molecule has 2 amide bonds. The lowest BCUT2D eigenvalue weighted by atomic mass is 10.1. The Kier molecular flexibility index (Phi) is 9.47. The molecule has 2 aromatic carbocycles. The third-order valence-corrected chi connectivity index (χ3v) is 5.84. The summed E-state index contributed by atoms with van der Waals surface area (Å²) < 4.78 is 0. The predicted octanol–water partition coefficient (Wildman–Crippen LogP) is 5.77. The normalized spacial score (nSPS) is 12.0. The van der Waals surface area contributed by atoms with Gasteiger partial charge in [-0.3, -0.25) is 9.59 Å². The molecule has 2 aromatic rings. The summed E-state index contributed by atoms with van der Waals surface area (Å²) >= 11 is 18.9. The van der Waals surface area contributed by atoms with Crippen LogP contribution in [0, 0.1) is 5.92 Å². The van der Waals surface area contributed by atoms with Gasteiger partial charge in [0.25, 0.3) is 0 Å². The van der Waals surface area contributed by atoms with Crippen LogP contribution in [0.5, 0.6) is 0 Å². The Morgan fingerprint density at radius 1 is 0.967 bits per heavy atom. The van der Waals surface area contributed by atoms with E-state index in [9.17, 15) is 9.59 Å². The van der Waals surface area contributed by atoms with Gasteiger partial charge < -0.3 is 10.2 Å². The quantitative estimate of drug-likeness (QED) is 0.507. The molecule has 1 N–H and O–H groups in total. The number of benzene rings is 2. The summed E-state index contributed by atoms with van der Waals surface area (Å²) in [4.78, 5) is 27.8. The summed E-state index contributed by atoms with van der Waals surface area (Å²) in [5.74, 6) is -0.116. The zero-order valence-electron chi connectivity index (χ0n) is 17.4. The fourth-order valence-corrected chi connectivity index (χ4v) is 3.83. The number of nitrogens with one attached hydrogen (secondary N) is 1. The first-order valence-electron chi connectivity index (χ1n) is 9.98. The number of amides is 2. The molecule has 162 valence electrons. The second kappa shape index (κ2) is 11.6. The van der Waals surface area contributed by atoms with Crippen LogP contribution in [-0.2, 0) is 22.6 Å². The minimum Gasteiger partial charge on any atom is -0.354 e. The highest BCUT2D eigenvalue weighted by Crippen LogP contribution is 2.27. The van der Waals surface area contributed by atoms with Gasteiger partial charge in [0.05, 0.1) is 6.42 Å². The summed E-state index contributed by atoms with van der Waals surface area (Å²) in [5.41, 5.74) is 1.32. The van der Waals surface area contributed by atoms with Crippen molar-refractivity contribution in [3.63, 3.8) is 0 Å². The van der Waals surface area contributed by atoms with E-state index in [2.05, 4.69) is 5.32 Å². The molecular formula is C23H27Cl3N2O2. The summed E-state index contributed by atoms with van der Waals surface area (Å²) in [7, 11) is 0. The highest BCUT2D eigenvalue weighted by molar-refractivity contribution is 6.36. The van der Waals surface area contributed by atoms with Gasteiger partial charge in [-0.1, -0.05) is 79.8 Å². The SMILES string of the molecule is CCC(C(=O)NCC(C)C)N(Cc1ccccc1Cl)C(=O)Cc1c(Cl)cccc1Cl. The fraction of sp³-hybridized carbons (Fsp3) is 0.391. The number of rotatable bonds is 9. The van der Waals surface area contributed by atoms with E-state index in [1.54, 1.807) is 29.2 Å². The van der Waals surface area contributed by atoms with Crippen LogP contribution in [0.3, 0.4) is 0 Å². The molecule has 0 aromatic heterocycles. The molecule has 0 aliphatic rings. The van der Waals surface area contributed by atoms with Crippen LogP contribution in [0.25, 0.3) is 0 Å². The van der Waals surface area contributed by atoms with Gasteiger partial charge in [0.15, 0.2) is 0 Å². The largest absolute Gasteiger partial charge is 0.354 e.